The number of hydrogen-bond donors (Lipinski definition) is 0. The number of ketones is 1. The molecule has 0 aromatic carbocycles. The van der Waals surface area contributed by atoms with Crippen LogP contribution in [-0.4, -0.2) is 12.1 Å². The van der Waals surface area contributed by atoms with Gasteiger partial charge in [-0.3, -0.25) is 4.79 Å². The molecule has 1 atom stereocenters. The number of Topliss-reactive ketones (excluding diaryl/α,β-unsaturated/α-hetero) is 1. The standard InChI is InChI=1S/C16H24O2/c1-13(7-6-12-17)15(2)14(18)8-11-16(15)9-4-3-5-10-16/h12H,1,3-11H2,2H3. The highest BCUT2D eigenvalue weighted by atomic mass is 16.1. The van der Waals surface area contributed by atoms with Crippen molar-refractivity contribution in [1.82, 2.24) is 0 Å². The summed E-state index contributed by atoms with van der Waals surface area (Å²) in [5.41, 5.74) is 0.789. The van der Waals surface area contributed by atoms with Gasteiger partial charge < -0.3 is 4.79 Å². The van der Waals surface area contributed by atoms with Crippen LogP contribution in [0.25, 0.3) is 0 Å². The number of allylic oxidation sites excluding steroid dienone is 1. The van der Waals surface area contributed by atoms with Gasteiger partial charge in [-0.2, -0.15) is 0 Å². The minimum absolute atomic E-state index is 0.155. The van der Waals surface area contributed by atoms with E-state index in [1.165, 1.54) is 19.3 Å². The first-order chi connectivity index (χ1) is 8.57. The lowest BCUT2D eigenvalue weighted by molar-refractivity contribution is -0.127. The molecule has 2 nitrogen and oxygen atoms in total. The summed E-state index contributed by atoms with van der Waals surface area (Å²) in [6.07, 6.45) is 9.94. The molecule has 2 heteroatoms. The second-order valence-electron chi connectivity index (χ2n) is 6.20. The van der Waals surface area contributed by atoms with Gasteiger partial charge in [-0.15, -0.1) is 0 Å². The molecule has 0 amide bonds. The van der Waals surface area contributed by atoms with E-state index in [0.717, 1.165) is 31.1 Å². The third kappa shape index (κ3) is 1.86. The Balaban J connectivity index is 2.27. The summed E-state index contributed by atoms with van der Waals surface area (Å²) in [5.74, 6) is 0.361. The Bertz CT molecular complexity index is 363. The molecule has 2 aliphatic carbocycles. The molecule has 0 N–H and O–H groups in total. The molecule has 1 unspecified atom stereocenters. The Labute approximate surface area is 110 Å². The normalized spacial score (nSPS) is 30.6. The average Bonchev–Trinajstić information content (AvgIpc) is 2.63. The van der Waals surface area contributed by atoms with Gasteiger partial charge >= 0.3 is 0 Å². The van der Waals surface area contributed by atoms with Gasteiger partial charge in [0.1, 0.15) is 12.1 Å². The van der Waals surface area contributed by atoms with Gasteiger partial charge in [-0.1, -0.05) is 31.4 Å². The highest BCUT2D eigenvalue weighted by molar-refractivity contribution is 5.91. The van der Waals surface area contributed by atoms with Crippen molar-refractivity contribution in [2.45, 2.75) is 64.7 Å². The minimum Gasteiger partial charge on any atom is -0.303 e. The first-order valence-corrected chi connectivity index (χ1v) is 7.22. The smallest absolute Gasteiger partial charge is 0.143 e. The zero-order valence-electron chi connectivity index (χ0n) is 11.5. The van der Waals surface area contributed by atoms with Gasteiger partial charge in [0.05, 0.1) is 5.41 Å². The quantitative estimate of drug-likeness (QED) is 0.559. The van der Waals surface area contributed by atoms with Gasteiger partial charge in [0.2, 0.25) is 0 Å². The molecular weight excluding hydrogens is 224 g/mol. The molecule has 2 aliphatic rings. The number of hydrogen-bond acceptors (Lipinski definition) is 2. The fraction of sp³-hybridized carbons (Fsp3) is 0.750. The summed E-state index contributed by atoms with van der Waals surface area (Å²) in [6.45, 7) is 6.26. The molecular formula is C16H24O2. The molecule has 0 bridgehead atoms. The van der Waals surface area contributed by atoms with Crippen LogP contribution in [0.3, 0.4) is 0 Å². The van der Waals surface area contributed by atoms with Crippen molar-refractivity contribution >= 4 is 12.1 Å². The maximum absolute atomic E-state index is 12.4. The molecule has 0 aliphatic heterocycles. The summed E-state index contributed by atoms with van der Waals surface area (Å²) >= 11 is 0. The van der Waals surface area contributed by atoms with E-state index in [1.54, 1.807) is 0 Å². The zero-order chi connectivity index (χ0) is 13.2. The van der Waals surface area contributed by atoms with Crippen LogP contribution in [0.5, 0.6) is 0 Å². The van der Waals surface area contributed by atoms with Gasteiger partial charge in [0, 0.05) is 12.8 Å². The van der Waals surface area contributed by atoms with Crippen molar-refractivity contribution in [2.75, 3.05) is 0 Å². The van der Waals surface area contributed by atoms with E-state index in [2.05, 4.69) is 13.5 Å². The van der Waals surface area contributed by atoms with Crippen LogP contribution in [-0.2, 0) is 9.59 Å². The third-order valence-electron chi connectivity index (χ3n) is 5.53. The van der Waals surface area contributed by atoms with Crippen molar-refractivity contribution in [3.8, 4) is 0 Å². The predicted octanol–water partition coefficient (Wildman–Crippen LogP) is 3.84. The van der Waals surface area contributed by atoms with Crippen LogP contribution in [0, 0.1) is 10.8 Å². The van der Waals surface area contributed by atoms with Gasteiger partial charge in [-0.05, 0) is 38.0 Å². The number of carbonyl (C=O) groups excluding carboxylic acids is 2. The van der Waals surface area contributed by atoms with E-state index in [-0.39, 0.29) is 10.8 Å². The molecule has 0 heterocycles. The van der Waals surface area contributed by atoms with E-state index in [1.807, 2.05) is 0 Å². The fourth-order valence-electron chi connectivity index (χ4n) is 4.18. The summed E-state index contributed by atoms with van der Waals surface area (Å²) < 4.78 is 0. The SMILES string of the molecule is C=C(CCC=O)C1(C)C(=O)CCC12CCCCC2. The van der Waals surface area contributed by atoms with Gasteiger partial charge in [0.25, 0.3) is 0 Å². The Kier molecular flexibility index (Phi) is 3.74. The van der Waals surface area contributed by atoms with E-state index in [0.29, 0.717) is 25.0 Å². The van der Waals surface area contributed by atoms with Crippen molar-refractivity contribution in [2.24, 2.45) is 10.8 Å². The van der Waals surface area contributed by atoms with Crippen molar-refractivity contribution in [3.63, 3.8) is 0 Å². The Hall–Kier alpha value is -0.920. The van der Waals surface area contributed by atoms with Crippen LogP contribution in [0.4, 0.5) is 0 Å². The van der Waals surface area contributed by atoms with Crippen molar-refractivity contribution in [3.05, 3.63) is 12.2 Å². The molecule has 100 valence electrons. The summed E-state index contributed by atoms with van der Waals surface area (Å²) in [4.78, 5) is 23.0. The molecule has 2 fully saturated rings. The van der Waals surface area contributed by atoms with Crippen molar-refractivity contribution < 1.29 is 9.59 Å². The second kappa shape index (κ2) is 4.99. The van der Waals surface area contributed by atoms with Crippen molar-refractivity contribution in [1.29, 1.82) is 0 Å². The lowest BCUT2D eigenvalue weighted by Crippen LogP contribution is -2.42. The van der Waals surface area contributed by atoms with Crippen LogP contribution in [0.15, 0.2) is 12.2 Å². The van der Waals surface area contributed by atoms with Gasteiger partial charge in [0.15, 0.2) is 0 Å². The molecule has 18 heavy (non-hydrogen) atoms. The second-order valence-corrected chi connectivity index (χ2v) is 6.20. The first-order valence-electron chi connectivity index (χ1n) is 7.22. The lowest BCUT2D eigenvalue weighted by Gasteiger charge is -2.46. The van der Waals surface area contributed by atoms with E-state index < -0.39 is 0 Å². The highest BCUT2D eigenvalue weighted by Gasteiger charge is 2.57. The Morgan fingerprint density at radius 2 is 1.94 bits per heavy atom. The monoisotopic (exact) mass is 248 g/mol. The molecule has 0 aromatic rings. The topological polar surface area (TPSA) is 34.1 Å². The van der Waals surface area contributed by atoms with Crippen LogP contribution >= 0.6 is 0 Å². The minimum atomic E-state index is -0.365. The van der Waals surface area contributed by atoms with Crippen LogP contribution < -0.4 is 0 Å². The maximum Gasteiger partial charge on any atom is 0.143 e. The first kappa shape index (κ1) is 13.5. The molecule has 0 radical (unpaired) electrons. The Morgan fingerprint density at radius 1 is 1.28 bits per heavy atom. The molecule has 0 saturated heterocycles. The average molecular weight is 248 g/mol. The lowest BCUT2D eigenvalue weighted by atomic mass is 9.56. The van der Waals surface area contributed by atoms with E-state index in [4.69, 9.17) is 0 Å². The number of aldehydes is 1. The van der Waals surface area contributed by atoms with Crippen LogP contribution in [0.1, 0.15) is 64.7 Å². The van der Waals surface area contributed by atoms with Gasteiger partial charge in [-0.25, -0.2) is 0 Å². The summed E-state index contributed by atoms with van der Waals surface area (Å²) in [6, 6.07) is 0. The fourth-order valence-corrected chi connectivity index (χ4v) is 4.18. The highest BCUT2D eigenvalue weighted by Crippen LogP contribution is 2.61. The van der Waals surface area contributed by atoms with E-state index in [9.17, 15) is 9.59 Å². The zero-order valence-corrected chi connectivity index (χ0v) is 11.5. The largest absolute Gasteiger partial charge is 0.303 e. The molecule has 2 saturated carbocycles. The Morgan fingerprint density at radius 3 is 2.56 bits per heavy atom. The summed E-state index contributed by atoms with van der Waals surface area (Å²) in [5, 5.41) is 0. The maximum atomic E-state index is 12.4. The third-order valence-corrected chi connectivity index (χ3v) is 5.53. The predicted molar refractivity (Wildman–Crippen MR) is 72.3 cm³/mol. The number of carbonyl (C=O) groups is 2. The molecule has 1 spiro atoms. The molecule has 2 rings (SSSR count). The summed E-state index contributed by atoms with van der Waals surface area (Å²) in [7, 11) is 0. The van der Waals surface area contributed by atoms with E-state index >= 15 is 0 Å². The van der Waals surface area contributed by atoms with Crippen LogP contribution in [0.2, 0.25) is 0 Å². The number of rotatable bonds is 4. The molecule has 0 aromatic heterocycles.